The van der Waals surface area contributed by atoms with Gasteiger partial charge in [0.2, 0.25) is 0 Å². The van der Waals surface area contributed by atoms with Gasteiger partial charge in [0.1, 0.15) is 12.2 Å². The van der Waals surface area contributed by atoms with E-state index < -0.39 is 16.6 Å². The van der Waals surface area contributed by atoms with Crippen LogP contribution in [0.15, 0.2) is 42.5 Å². The maximum Gasteiger partial charge on any atom is 0.330 e. The second-order valence-electron chi connectivity index (χ2n) is 12.4. The van der Waals surface area contributed by atoms with Crippen LogP contribution >= 0.6 is 0 Å². The van der Waals surface area contributed by atoms with Crippen molar-refractivity contribution in [3.63, 3.8) is 0 Å². The third-order valence-corrected chi connectivity index (χ3v) is 16.7. The van der Waals surface area contributed by atoms with Crippen LogP contribution in [0.1, 0.15) is 58.8 Å². The highest BCUT2D eigenvalue weighted by Crippen LogP contribution is 2.40. The average Bonchev–Trinajstić information content (AvgIpc) is 2.75. The zero-order chi connectivity index (χ0) is 26.7. The molecule has 1 heterocycles. The molecule has 0 unspecified atom stereocenters. The first-order valence-electron chi connectivity index (χ1n) is 12.5. The Bertz CT molecular complexity index is 905. The maximum absolute atomic E-state index is 11.4. The highest BCUT2D eigenvalue weighted by Gasteiger charge is 2.43. The molecule has 0 bridgehead atoms. The second-order valence-corrected chi connectivity index (χ2v) is 22.0. The number of methoxy groups -OCH3 is 1. The Morgan fingerprint density at radius 2 is 1.51 bits per heavy atom. The van der Waals surface area contributed by atoms with Gasteiger partial charge < -0.3 is 18.3 Å². The van der Waals surface area contributed by atoms with E-state index in [-0.39, 0.29) is 34.4 Å². The molecule has 35 heavy (non-hydrogen) atoms. The largest absolute Gasteiger partial charge is 0.466 e. The van der Waals surface area contributed by atoms with E-state index in [1.54, 1.807) is 6.08 Å². The van der Waals surface area contributed by atoms with E-state index in [0.29, 0.717) is 6.61 Å². The van der Waals surface area contributed by atoms with E-state index in [0.717, 1.165) is 11.1 Å². The number of carbonyl (C=O) groups excluding carboxylic acids is 1. The Kier molecular flexibility index (Phi) is 9.56. The fourth-order valence-corrected chi connectivity index (χ4v) is 5.42. The summed E-state index contributed by atoms with van der Waals surface area (Å²) in [6.07, 6.45) is 6.92. The van der Waals surface area contributed by atoms with Gasteiger partial charge in [-0.05, 0) is 53.5 Å². The van der Waals surface area contributed by atoms with Gasteiger partial charge in [0.15, 0.2) is 16.6 Å². The molecule has 0 saturated heterocycles. The van der Waals surface area contributed by atoms with Crippen LogP contribution in [0.2, 0.25) is 36.3 Å². The Morgan fingerprint density at radius 3 is 2.03 bits per heavy atom. The van der Waals surface area contributed by atoms with E-state index in [4.69, 9.17) is 13.6 Å². The molecule has 1 aliphatic rings. The predicted octanol–water partition coefficient (Wildman–Crippen LogP) is 7.28. The summed E-state index contributed by atoms with van der Waals surface area (Å²) in [4.78, 5) is 11.4. The highest BCUT2D eigenvalue weighted by molar-refractivity contribution is 6.74. The van der Waals surface area contributed by atoms with E-state index in [1.165, 1.54) is 13.2 Å². The van der Waals surface area contributed by atoms with Gasteiger partial charge in [0.05, 0.1) is 19.8 Å². The van der Waals surface area contributed by atoms with Crippen LogP contribution in [0.3, 0.4) is 0 Å². The number of esters is 1. The lowest BCUT2D eigenvalue weighted by Gasteiger charge is -2.43. The highest BCUT2D eigenvalue weighted by atomic mass is 28.4. The average molecular weight is 519 g/mol. The summed E-state index contributed by atoms with van der Waals surface area (Å²) in [7, 11) is -2.56. The molecule has 2 rings (SSSR count). The van der Waals surface area contributed by atoms with Crippen molar-refractivity contribution in [2.24, 2.45) is 0 Å². The van der Waals surface area contributed by atoms with Crippen molar-refractivity contribution >= 4 is 28.7 Å². The minimum atomic E-state index is -2.00. The lowest BCUT2D eigenvalue weighted by Crippen LogP contribution is -2.51. The third kappa shape index (κ3) is 7.99. The SMILES string of the molecule is COC(=O)/C=C/c1ccc([C@@H]2C=C[C@H](O[Si](C)(C)C(C)(C)C)[C@@H](CO[Si](C)(C)C(C)(C)C)O2)cc1. The summed E-state index contributed by atoms with van der Waals surface area (Å²) in [5.41, 5.74) is 1.98. The van der Waals surface area contributed by atoms with Crippen molar-refractivity contribution in [1.29, 1.82) is 0 Å². The number of hydrogen-bond donors (Lipinski definition) is 0. The lowest BCUT2D eigenvalue weighted by atomic mass is 10.0. The minimum Gasteiger partial charge on any atom is -0.466 e. The summed E-state index contributed by atoms with van der Waals surface area (Å²) in [5, 5.41) is 0.232. The monoisotopic (exact) mass is 518 g/mol. The summed E-state index contributed by atoms with van der Waals surface area (Å²) < 4.78 is 24.7. The van der Waals surface area contributed by atoms with Crippen LogP contribution in [-0.2, 0) is 23.1 Å². The van der Waals surface area contributed by atoms with Crippen molar-refractivity contribution in [3.8, 4) is 0 Å². The molecule has 1 aromatic rings. The number of ether oxygens (including phenoxy) is 2. The summed E-state index contributed by atoms with van der Waals surface area (Å²) in [5.74, 6) is -0.370. The molecule has 0 aliphatic carbocycles. The molecule has 0 aromatic heterocycles. The molecule has 0 fully saturated rings. The minimum absolute atomic E-state index is 0.107. The first-order valence-corrected chi connectivity index (χ1v) is 18.3. The third-order valence-electron chi connectivity index (χ3n) is 7.69. The van der Waals surface area contributed by atoms with Gasteiger partial charge >= 0.3 is 5.97 Å². The Balaban J connectivity index is 2.26. The summed E-state index contributed by atoms with van der Waals surface area (Å²) in [6.45, 7) is 23.1. The van der Waals surface area contributed by atoms with Gasteiger partial charge in [-0.15, -0.1) is 0 Å². The van der Waals surface area contributed by atoms with E-state index in [2.05, 4.69) is 84.6 Å². The normalized spacial score (nSPS) is 22.0. The molecule has 1 aliphatic heterocycles. The fraction of sp³-hybridized carbons (Fsp3) is 0.607. The van der Waals surface area contributed by atoms with Gasteiger partial charge in [-0.2, -0.15) is 0 Å². The molecule has 0 radical (unpaired) electrons. The quantitative estimate of drug-likeness (QED) is 0.157. The van der Waals surface area contributed by atoms with E-state index >= 15 is 0 Å². The standard InChI is InChI=1S/C28H46O5Si2/c1-27(2,3)34(8,9)31-20-25-24(33-35(10,11)28(4,5)6)18-17-23(32-25)22-15-12-21(13-16-22)14-19-26(29)30-7/h12-19,23-25H,20H2,1-11H3/b19-14+/t23-,24-,25+/m0/s1. The van der Waals surface area contributed by atoms with Crippen LogP contribution < -0.4 is 0 Å². The van der Waals surface area contributed by atoms with Gasteiger partial charge in [-0.25, -0.2) is 4.79 Å². The molecule has 7 heteroatoms. The van der Waals surface area contributed by atoms with Crippen molar-refractivity contribution in [3.05, 3.63) is 53.6 Å². The van der Waals surface area contributed by atoms with Crippen LogP contribution in [0, 0.1) is 0 Å². The Morgan fingerprint density at radius 1 is 0.943 bits per heavy atom. The summed E-state index contributed by atoms with van der Waals surface area (Å²) >= 11 is 0. The second kappa shape index (κ2) is 11.3. The Labute approximate surface area is 215 Å². The smallest absolute Gasteiger partial charge is 0.330 e. The van der Waals surface area contributed by atoms with E-state index in [9.17, 15) is 4.79 Å². The fourth-order valence-electron chi connectivity index (χ4n) is 3.14. The van der Waals surface area contributed by atoms with Gasteiger partial charge in [-0.1, -0.05) is 78.0 Å². The van der Waals surface area contributed by atoms with Crippen molar-refractivity contribution in [2.45, 2.75) is 96.1 Å². The maximum atomic E-state index is 11.4. The van der Waals surface area contributed by atoms with E-state index in [1.807, 2.05) is 24.3 Å². The van der Waals surface area contributed by atoms with Crippen molar-refractivity contribution in [1.82, 2.24) is 0 Å². The van der Waals surface area contributed by atoms with Crippen LogP contribution in [0.4, 0.5) is 0 Å². The number of carbonyl (C=O) groups is 1. The topological polar surface area (TPSA) is 54.0 Å². The van der Waals surface area contributed by atoms with Crippen LogP contribution in [0.5, 0.6) is 0 Å². The molecule has 196 valence electrons. The van der Waals surface area contributed by atoms with Gasteiger partial charge in [0, 0.05) is 6.08 Å². The molecule has 5 nitrogen and oxygen atoms in total. The molecule has 0 N–H and O–H groups in total. The van der Waals surface area contributed by atoms with Crippen LogP contribution in [0.25, 0.3) is 6.08 Å². The number of rotatable bonds is 8. The first kappa shape index (κ1) is 29.7. The molecular weight excluding hydrogens is 472 g/mol. The lowest BCUT2D eigenvalue weighted by molar-refractivity contribution is -0.134. The van der Waals surface area contributed by atoms with Crippen molar-refractivity contribution in [2.75, 3.05) is 13.7 Å². The zero-order valence-electron chi connectivity index (χ0n) is 23.6. The predicted molar refractivity (Wildman–Crippen MR) is 149 cm³/mol. The molecular formula is C28H46O5Si2. The zero-order valence-corrected chi connectivity index (χ0v) is 25.6. The molecule has 1 aromatic carbocycles. The van der Waals surface area contributed by atoms with Gasteiger partial charge in [0.25, 0.3) is 0 Å². The molecule has 0 spiro atoms. The number of benzene rings is 1. The first-order chi connectivity index (χ1) is 16.0. The molecule has 0 amide bonds. The van der Waals surface area contributed by atoms with Crippen LogP contribution in [-0.4, -0.2) is 48.5 Å². The summed E-state index contributed by atoms with van der Waals surface area (Å²) in [6, 6.07) is 8.02. The van der Waals surface area contributed by atoms with Gasteiger partial charge in [-0.3, -0.25) is 0 Å². The van der Waals surface area contributed by atoms with Crippen molar-refractivity contribution < 1.29 is 23.1 Å². The molecule has 3 atom stereocenters. The Hall–Kier alpha value is -1.52. The molecule has 0 saturated carbocycles. The number of hydrogen-bond acceptors (Lipinski definition) is 5.